The molecule has 0 aliphatic heterocycles. The molecule has 0 N–H and O–H groups in total. The van der Waals surface area contributed by atoms with E-state index in [1.165, 1.54) is 17.4 Å². The molecule has 1 atom stereocenters. The molecule has 1 aromatic heterocycles. The maximum Gasteiger partial charge on any atom is 0.123 e. The van der Waals surface area contributed by atoms with E-state index in [9.17, 15) is 4.39 Å². The minimum Gasteiger partial charge on any atom is -0.207 e. The third-order valence-electron chi connectivity index (χ3n) is 2.35. The summed E-state index contributed by atoms with van der Waals surface area (Å²) in [5.74, 6) is -0.204. The van der Waals surface area contributed by atoms with Crippen molar-refractivity contribution in [3.8, 4) is 0 Å². The second-order valence-electron chi connectivity index (χ2n) is 3.51. The van der Waals surface area contributed by atoms with Gasteiger partial charge < -0.3 is 0 Å². The molecule has 0 aliphatic rings. The van der Waals surface area contributed by atoms with Gasteiger partial charge in [-0.1, -0.05) is 33.6 Å². The maximum atomic E-state index is 13.0. The average molecular weight is 320 g/mol. The predicted octanol–water partition coefficient (Wildman–Crippen LogP) is 5.33. The van der Waals surface area contributed by atoms with Crippen molar-refractivity contribution >= 4 is 38.9 Å². The van der Waals surface area contributed by atoms with Crippen LogP contribution >= 0.6 is 38.9 Å². The highest BCUT2D eigenvalue weighted by Gasteiger charge is 2.14. The fraction of sp³-hybridized carbons (Fsp3) is 0.167. The van der Waals surface area contributed by atoms with Gasteiger partial charge in [-0.15, -0.1) is 11.3 Å². The Balaban J connectivity index is 2.37. The molecule has 0 saturated carbocycles. The molecule has 0 aliphatic carbocycles. The molecule has 16 heavy (non-hydrogen) atoms. The Morgan fingerprint density at radius 3 is 2.62 bits per heavy atom. The van der Waals surface area contributed by atoms with Crippen molar-refractivity contribution in [2.24, 2.45) is 0 Å². The summed E-state index contributed by atoms with van der Waals surface area (Å²) in [6, 6.07) is 8.67. The van der Waals surface area contributed by atoms with Crippen molar-refractivity contribution < 1.29 is 4.39 Å². The second kappa shape index (κ2) is 4.86. The predicted molar refractivity (Wildman–Crippen MR) is 71.2 cm³/mol. The number of thiophene rings is 1. The molecular formula is C12H9BrClFS. The van der Waals surface area contributed by atoms with Crippen LogP contribution in [0.1, 0.15) is 20.8 Å². The van der Waals surface area contributed by atoms with Gasteiger partial charge in [0.1, 0.15) is 5.82 Å². The van der Waals surface area contributed by atoms with Crippen LogP contribution in [-0.2, 0) is 0 Å². The molecule has 4 heteroatoms. The molecule has 0 saturated heterocycles. The number of hydrogen-bond donors (Lipinski definition) is 0. The van der Waals surface area contributed by atoms with Crippen LogP contribution < -0.4 is 0 Å². The Morgan fingerprint density at radius 1 is 1.31 bits per heavy atom. The van der Waals surface area contributed by atoms with Gasteiger partial charge in [-0.05, 0) is 42.3 Å². The molecule has 0 spiro atoms. The fourth-order valence-electron chi connectivity index (χ4n) is 1.54. The summed E-state index contributed by atoms with van der Waals surface area (Å²) in [5, 5.41) is 0. The van der Waals surface area contributed by atoms with E-state index in [-0.39, 0.29) is 10.6 Å². The Labute approximate surface area is 111 Å². The molecule has 1 unspecified atom stereocenters. The van der Waals surface area contributed by atoms with Crippen molar-refractivity contribution in [2.75, 3.05) is 0 Å². The highest BCUT2D eigenvalue weighted by Crippen LogP contribution is 2.38. The second-order valence-corrected chi connectivity index (χ2v) is 6.17. The van der Waals surface area contributed by atoms with Gasteiger partial charge in [-0.2, -0.15) is 0 Å². The molecule has 0 fully saturated rings. The zero-order valence-electron chi connectivity index (χ0n) is 8.51. The molecule has 0 bridgehead atoms. The largest absolute Gasteiger partial charge is 0.207 e. The van der Waals surface area contributed by atoms with Crippen molar-refractivity contribution in [1.82, 2.24) is 0 Å². The molecule has 0 amide bonds. The number of hydrogen-bond acceptors (Lipinski definition) is 1. The van der Waals surface area contributed by atoms with Crippen LogP contribution in [0.15, 0.2) is 30.3 Å². The van der Waals surface area contributed by atoms with Crippen molar-refractivity contribution in [3.63, 3.8) is 0 Å². The van der Waals surface area contributed by atoms with Crippen LogP contribution in [-0.4, -0.2) is 0 Å². The van der Waals surface area contributed by atoms with E-state index in [0.29, 0.717) is 0 Å². The van der Waals surface area contributed by atoms with Gasteiger partial charge in [0, 0.05) is 4.88 Å². The third kappa shape index (κ3) is 2.47. The number of alkyl halides is 1. The summed E-state index contributed by atoms with van der Waals surface area (Å²) in [4.78, 5) is 1.20. The number of rotatable bonds is 2. The first-order valence-electron chi connectivity index (χ1n) is 4.73. The normalized spacial score (nSPS) is 12.8. The van der Waals surface area contributed by atoms with Gasteiger partial charge >= 0.3 is 0 Å². The van der Waals surface area contributed by atoms with Gasteiger partial charge in [-0.3, -0.25) is 0 Å². The summed E-state index contributed by atoms with van der Waals surface area (Å²) >= 11 is 11.0. The van der Waals surface area contributed by atoms with E-state index in [1.54, 1.807) is 12.1 Å². The lowest BCUT2D eigenvalue weighted by Gasteiger charge is -2.11. The fourth-order valence-corrected chi connectivity index (χ4v) is 3.55. The minimum atomic E-state index is -0.204. The van der Waals surface area contributed by atoms with Gasteiger partial charge in [0.2, 0.25) is 0 Å². The summed E-state index contributed by atoms with van der Waals surface area (Å²) in [5.41, 5.74) is 2.01. The van der Waals surface area contributed by atoms with Crippen LogP contribution in [0.5, 0.6) is 0 Å². The number of aryl methyl sites for hydroxylation is 1. The monoisotopic (exact) mass is 318 g/mol. The van der Waals surface area contributed by atoms with E-state index in [2.05, 4.69) is 15.9 Å². The van der Waals surface area contributed by atoms with Crippen molar-refractivity contribution in [1.29, 1.82) is 0 Å². The SMILES string of the molecule is Cc1cc(F)ccc1C(Br)c1ccc(Cl)s1. The van der Waals surface area contributed by atoms with Crippen LogP contribution in [0.25, 0.3) is 0 Å². The van der Waals surface area contributed by atoms with E-state index < -0.39 is 0 Å². The average Bonchev–Trinajstić information content (AvgIpc) is 2.64. The Hall–Kier alpha value is -0.380. The van der Waals surface area contributed by atoms with Gasteiger partial charge in [0.25, 0.3) is 0 Å². The quantitative estimate of drug-likeness (QED) is 0.656. The van der Waals surface area contributed by atoms with Crippen molar-refractivity contribution in [3.05, 3.63) is 56.5 Å². The molecule has 1 heterocycles. The van der Waals surface area contributed by atoms with Crippen LogP contribution in [0.3, 0.4) is 0 Å². The Kier molecular flexibility index (Phi) is 3.67. The number of halogens is 3. The highest BCUT2D eigenvalue weighted by molar-refractivity contribution is 9.09. The molecule has 2 rings (SSSR count). The highest BCUT2D eigenvalue weighted by atomic mass is 79.9. The first-order chi connectivity index (χ1) is 7.58. The standard InChI is InChI=1S/C12H9BrClFS/c1-7-6-8(15)2-3-9(7)12(13)10-4-5-11(14)16-10/h2-6,12H,1H3. The molecule has 2 aromatic rings. The molecule has 84 valence electrons. The van der Waals surface area contributed by atoms with Crippen LogP contribution in [0, 0.1) is 12.7 Å². The van der Waals surface area contributed by atoms with Crippen LogP contribution in [0.2, 0.25) is 4.34 Å². The summed E-state index contributed by atoms with van der Waals surface area (Å²) in [6.07, 6.45) is 0. The Bertz CT molecular complexity index is 509. The zero-order valence-corrected chi connectivity index (χ0v) is 11.7. The molecule has 0 nitrogen and oxygen atoms in total. The van der Waals surface area contributed by atoms with E-state index in [4.69, 9.17) is 11.6 Å². The number of benzene rings is 1. The summed E-state index contributed by atoms with van der Waals surface area (Å²) in [6.45, 7) is 1.90. The smallest absolute Gasteiger partial charge is 0.123 e. The lowest BCUT2D eigenvalue weighted by atomic mass is 10.0. The topological polar surface area (TPSA) is 0 Å². The zero-order chi connectivity index (χ0) is 11.7. The van der Waals surface area contributed by atoms with Crippen LogP contribution in [0.4, 0.5) is 4.39 Å². The first-order valence-corrected chi connectivity index (χ1v) is 6.84. The Morgan fingerprint density at radius 2 is 2.06 bits per heavy atom. The maximum absolute atomic E-state index is 13.0. The lowest BCUT2D eigenvalue weighted by Crippen LogP contribution is -1.94. The molecule has 0 radical (unpaired) electrons. The minimum absolute atomic E-state index is 0.0746. The molecular weight excluding hydrogens is 311 g/mol. The van der Waals surface area contributed by atoms with E-state index in [0.717, 1.165) is 20.3 Å². The first kappa shape index (κ1) is 12.1. The van der Waals surface area contributed by atoms with Gasteiger partial charge in [0.05, 0.1) is 9.16 Å². The van der Waals surface area contributed by atoms with Crippen molar-refractivity contribution in [2.45, 2.75) is 11.8 Å². The molecule has 1 aromatic carbocycles. The lowest BCUT2D eigenvalue weighted by molar-refractivity contribution is 0.626. The van der Waals surface area contributed by atoms with E-state index >= 15 is 0 Å². The third-order valence-corrected chi connectivity index (χ3v) is 4.93. The van der Waals surface area contributed by atoms with E-state index in [1.807, 2.05) is 19.1 Å². The van der Waals surface area contributed by atoms with Gasteiger partial charge in [-0.25, -0.2) is 4.39 Å². The summed E-state index contributed by atoms with van der Waals surface area (Å²) in [7, 11) is 0. The summed E-state index contributed by atoms with van der Waals surface area (Å²) < 4.78 is 13.7. The van der Waals surface area contributed by atoms with Gasteiger partial charge in [0.15, 0.2) is 0 Å².